The number of hydrogen-bond acceptors (Lipinski definition) is 3. The van der Waals surface area contributed by atoms with Crippen molar-refractivity contribution in [1.29, 1.82) is 0 Å². The number of ether oxygens (including phenoxy) is 1. The number of nitrogens with one attached hydrogen (secondary N) is 2. The van der Waals surface area contributed by atoms with Crippen LogP contribution in [-0.4, -0.2) is 35.9 Å². The van der Waals surface area contributed by atoms with E-state index in [4.69, 9.17) is 4.74 Å². The Kier molecular flexibility index (Phi) is 5.80. The predicted molar refractivity (Wildman–Crippen MR) is 110 cm³/mol. The van der Waals surface area contributed by atoms with Crippen LogP contribution >= 0.6 is 11.8 Å². The van der Waals surface area contributed by atoms with Crippen molar-refractivity contribution in [3.8, 4) is 0 Å². The van der Waals surface area contributed by atoms with E-state index < -0.39 is 0 Å². The number of amides is 1. The highest BCUT2D eigenvalue weighted by atomic mass is 32.2. The Balaban J connectivity index is 1.35. The molecule has 1 saturated heterocycles. The van der Waals surface area contributed by atoms with Gasteiger partial charge in [0.15, 0.2) is 0 Å². The highest BCUT2D eigenvalue weighted by molar-refractivity contribution is 7.99. The van der Waals surface area contributed by atoms with Crippen LogP contribution < -0.4 is 5.32 Å². The van der Waals surface area contributed by atoms with Gasteiger partial charge in [0.25, 0.3) is 5.91 Å². The van der Waals surface area contributed by atoms with Gasteiger partial charge in [0, 0.05) is 40.9 Å². The van der Waals surface area contributed by atoms with Gasteiger partial charge in [-0.05, 0) is 43.0 Å². The first-order valence-electron chi connectivity index (χ1n) is 9.48. The number of carbonyl (C=O) groups is 1. The molecule has 0 bridgehead atoms. The van der Waals surface area contributed by atoms with E-state index in [0.717, 1.165) is 47.6 Å². The summed E-state index contributed by atoms with van der Waals surface area (Å²) in [5.41, 5.74) is 3.11. The normalized spacial score (nSPS) is 16.7. The molecule has 2 N–H and O–H groups in total. The third-order valence-electron chi connectivity index (χ3n) is 4.94. The summed E-state index contributed by atoms with van der Waals surface area (Å²) in [5.74, 6) is 0.893. The summed E-state index contributed by atoms with van der Waals surface area (Å²) in [7, 11) is 0. The second-order valence-corrected chi connectivity index (χ2v) is 7.87. The van der Waals surface area contributed by atoms with Crippen LogP contribution in [0.15, 0.2) is 59.6 Å². The number of thioether (sulfide) groups is 1. The molecule has 3 aromatic rings. The molecule has 4 rings (SSSR count). The average Bonchev–Trinajstić information content (AvgIpc) is 3.37. The van der Waals surface area contributed by atoms with E-state index in [1.165, 1.54) is 10.9 Å². The first-order valence-corrected chi connectivity index (χ1v) is 10.5. The van der Waals surface area contributed by atoms with Gasteiger partial charge >= 0.3 is 0 Å². The zero-order valence-electron chi connectivity index (χ0n) is 15.2. The Morgan fingerprint density at radius 1 is 1.19 bits per heavy atom. The maximum Gasteiger partial charge on any atom is 0.252 e. The Labute approximate surface area is 163 Å². The molecule has 1 aromatic heterocycles. The molecule has 5 heteroatoms. The number of hydrogen-bond donors (Lipinski definition) is 2. The maximum absolute atomic E-state index is 12.7. The number of rotatable bonds is 7. The minimum atomic E-state index is -0.00900. The highest BCUT2D eigenvalue weighted by Gasteiger charge is 2.17. The van der Waals surface area contributed by atoms with Gasteiger partial charge in [-0.15, -0.1) is 11.8 Å². The smallest absolute Gasteiger partial charge is 0.252 e. The van der Waals surface area contributed by atoms with Crippen LogP contribution in [0, 0.1) is 0 Å². The van der Waals surface area contributed by atoms with Gasteiger partial charge in [0.2, 0.25) is 0 Å². The van der Waals surface area contributed by atoms with Gasteiger partial charge in [-0.3, -0.25) is 4.79 Å². The van der Waals surface area contributed by atoms with E-state index in [9.17, 15) is 4.79 Å². The van der Waals surface area contributed by atoms with E-state index in [-0.39, 0.29) is 5.91 Å². The number of fused-ring (bicyclic) bond motifs is 1. The zero-order valence-corrected chi connectivity index (χ0v) is 16.1. The lowest BCUT2D eigenvalue weighted by atomic mass is 10.1. The molecule has 4 nitrogen and oxygen atoms in total. The molecular formula is C22H24N2O2S. The van der Waals surface area contributed by atoms with Gasteiger partial charge in [0.1, 0.15) is 0 Å². The van der Waals surface area contributed by atoms with Gasteiger partial charge in [-0.1, -0.05) is 30.3 Å². The second-order valence-electron chi connectivity index (χ2n) is 6.81. The number of para-hydroxylation sites is 1. The van der Waals surface area contributed by atoms with Crippen LogP contribution in [0.2, 0.25) is 0 Å². The fourth-order valence-electron chi connectivity index (χ4n) is 3.48. The quantitative estimate of drug-likeness (QED) is 0.597. The number of carbonyl (C=O) groups excluding carboxylic acids is 1. The number of H-pyrrole nitrogens is 1. The molecule has 2 aromatic carbocycles. The molecule has 1 aliphatic rings. The monoisotopic (exact) mass is 380 g/mol. The van der Waals surface area contributed by atoms with Crippen LogP contribution in [0.4, 0.5) is 0 Å². The fourth-order valence-corrected chi connectivity index (χ4v) is 4.60. The lowest BCUT2D eigenvalue weighted by Gasteiger charge is -2.12. The van der Waals surface area contributed by atoms with E-state index in [1.807, 2.05) is 42.6 Å². The molecule has 1 atom stereocenters. The lowest BCUT2D eigenvalue weighted by molar-refractivity contribution is 0.0951. The van der Waals surface area contributed by atoms with Crippen LogP contribution in [-0.2, 0) is 11.2 Å². The van der Waals surface area contributed by atoms with E-state index in [1.54, 1.807) is 11.8 Å². The zero-order chi connectivity index (χ0) is 18.5. The van der Waals surface area contributed by atoms with Gasteiger partial charge < -0.3 is 15.0 Å². The number of aromatic nitrogens is 1. The Hall–Kier alpha value is -2.24. The fraction of sp³-hybridized carbons (Fsp3) is 0.318. The first kappa shape index (κ1) is 18.1. The molecule has 1 fully saturated rings. The molecular weight excluding hydrogens is 356 g/mol. The molecule has 140 valence electrons. The second kappa shape index (κ2) is 8.63. The summed E-state index contributed by atoms with van der Waals surface area (Å²) in [4.78, 5) is 17.0. The molecule has 1 aliphatic heterocycles. The summed E-state index contributed by atoms with van der Waals surface area (Å²) in [6.45, 7) is 1.48. The van der Waals surface area contributed by atoms with Crippen molar-refractivity contribution in [3.05, 3.63) is 65.9 Å². The van der Waals surface area contributed by atoms with Crippen molar-refractivity contribution in [3.63, 3.8) is 0 Å². The summed E-state index contributed by atoms with van der Waals surface area (Å²) in [6, 6.07) is 16.1. The maximum atomic E-state index is 12.7. The summed E-state index contributed by atoms with van der Waals surface area (Å²) in [5, 5.41) is 4.29. The number of benzene rings is 2. The van der Waals surface area contributed by atoms with E-state index in [0.29, 0.717) is 12.6 Å². The van der Waals surface area contributed by atoms with Crippen molar-refractivity contribution in [2.75, 3.05) is 18.9 Å². The molecule has 0 saturated carbocycles. The molecule has 0 radical (unpaired) electrons. The third kappa shape index (κ3) is 4.37. The van der Waals surface area contributed by atoms with Gasteiger partial charge in [-0.2, -0.15) is 0 Å². The highest BCUT2D eigenvalue weighted by Crippen LogP contribution is 2.26. The average molecular weight is 381 g/mol. The molecule has 1 amide bonds. The number of aromatic amines is 1. The Morgan fingerprint density at radius 2 is 2.04 bits per heavy atom. The molecule has 0 aliphatic carbocycles. The van der Waals surface area contributed by atoms with Crippen molar-refractivity contribution in [1.82, 2.24) is 10.3 Å². The van der Waals surface area contributed by atoms with Crippen molar-refractivity contribution < 1.29 is 9.53 Å². The molecule has 27 heavy (non-hydrogen) atoms. The van der Waals surface area contributed by atoms with Crippen molar-refractivity contribution in [2.24, 2.45) is 0 Å². The summed E-state index contributed by atoms with van der Waals surface area (Å²) >= 11 is 1.71. The van der Waals surface area contributed by atoms with Gasteiger partial charge in [0.05, 0.1) is 11.7 Å². The van der Waals surface area contributed by atoms with Gasteiger partial charge in [-0.25, -0.2) is 0 Å². The van der Waals surface area contributed by atoms with Crippen LogP contribution in [0.5, 0.6) is 0 Å². The molecule has 0 spiro atoms. The van der Waals surface area contributed by atoms with E-state index >= 15 is 0 Å². The Bertz CT molecular complexity index is 915. The Morgan fingerprint density at radius 3 is 2.93 bits per heavy atom. The summed E-state index contributed by atoms with van der Waals surface area (Å²) < 4.78 is 5.69. The molecule has 1 unspecified atom stereocenters. The van der Waals surface area contributed by atoms with Crippen LogP contribution in [0.25, 0.3) is 10.9 Å². The van der Waals surface area contributed by atoms with E-state index in [2.05, 4.69) is 22.4 Å². The van der Waals surface area contributed by atoms with Crippen molar-refractivity contribution >= 4 is 28.6 Å². The molecule has 2 heterocycles. The standard InChI is InChI=1S/C22H24N2O2S/c25-22(23-12-11-16-14-24-20-9-3-1-7-18(16)20)19-8-2-4-10-21(19)27-15-17-6-5-13-26-17/h1-4,7-10,14,17,24H,5-6,11-13,15H2,(H,23,25). The van der Waals surface area contributed by atoms with Crippen LogP contribution in [0.3, 0.4) is 0 Å². The largest absolute Gasteiger partial charge is 0.377 e. The predicted octanol–water partition coefficient (Wildman–Crippen LogP) is 4.41. The van der Waals surface area contributed by atoms with Crippen molar-refractivity contribution in [2.45, 2.75) is 30.3 Å². The minimum absolute atomic E-state index is 0.00900. The SMILES string of the molecule is O=C(NCCc1c[nH]c2ccccc12)c1ccccc1SCC1CCCO1. The topological polar surface area (TPSA) is 54.1 Å². The third-order valence-corrected chi connectivity index (χ3v) is 6.14. The lowest BCUT2D eigenvalue weighted by Crippen LogP contribution is -2.26. The first-order chi connectivity index (χ1) is 13.3. The summed E-state index contributed by atoms with van der Waals surface area (Å²) in [6.07, 6.45) is 5.41. The van der Waals surface area contributed by atoms with Crippen LogP contribution in [0.1, 0.15) is 28.8 Å². The minimum Gasteiger partial charge on any atom is -0.377 e.